The fourth-order valence-electron chi connectivity index (χ4n) is 5.93. The van der Waals surface area contributed by atoms with Crippen LogP contribution in [0.4, 0.5) is 5.13 Å². The number of carbonyl (C=O) groups is 3. The molecule has 0 spiro atoms. The number of carbonyl (C=O) groups excluding carboxylic acids is 3. The number of nitrogens with zero attached hydrogens (tertiary/aromatic N) is 4. The van der Waals surface area contributed by atoms with E-state index in [2.05, 4.69) is 30.7 Å². The molecule has 0 unspecified atom stereocenters. The first-order chi connectivity index (χ1) is 18.1. The highest BCUT2D eigenvalue weighted by molar-refractivity contribution is 7.14. The summed E-state index contributed by atoms with van der Waals surface area (Å²) in [5.74, 6) is -1.13. The summed E-state index contributed by atoms with van der Waals surface area (Å²) < 4.78 is 5.71. The molecule has 3 saturated heterocycles. The van der Waals surface area contributed by atoms with Gasteiger partial charge in [-0.2, -0.15) is 0 Å². The van der Waals surface area contributed by atoms with Gasteiger partial charge in [0.2, 0.25) is 11.8 Å². The number of anilines is 1. The van der Waals surface area contributed by atoms with E-state index in [0.29, 0.717) is 24.1 Å². The van der Waals surface area contributed by atoms with E-state index in [1.165, 1.54) is 0 Å². The highest BCUT2D eigenvalue weighted by Gasteiger charge is 2.51. The van der Waals surface area contributed by atoms with Gasteiger partial charge in [0.15, 0.2) is 10.9 Å². The van der Waals surface area contributed by atoms with E-state index in [1.54, 1.807) is 22.3 Å². The van der Waals surface area contributed by atoms with Crippen LogP contribution in [0, 0.1) is 11.8 Å². The maximum Gasteiger partial charge on any atom is 0.249 e. The summed E-state index contributed by atoms with van der Waals surface area (Å²) in [7, 11) is 2.12. The van der Waals surface area contributed by atoms with Gasteiger partial charge in [-0.25, -0.2) is 4.98 Å². The lowest BCUT2D eigenvalue weighted by atomic mass is 9.84. The molecule has 0 saturated carbocycles. The number of benzene rings is 1. The summed E-state index contributed by atoms with van der Waals surface area (Å²) in [6.07, 6.45) is 0.264. The minimum absolute atomic E-state index is 0.0415. The second-order valence-electron chi connectivity index (χ2n) is 11.3. The third-order valence-electron chi connectivity index (χ3n) is 7.98. The molecule has 5 rings (SSSR count). The smallest absolute Gasteiger partial charge is 0.249 e. The van der Waals surface area contributed by atoms with E-state index in [0.717, 1.165) is 42.6 Å². The van der Waals surface area contributed by atoms with Crippen molar-refractivity contribution in [1.29, 1.82) is 0 Å². The van der Waals surface area contributed by atoms with E-state index >= 15 is 0 Å². The molecule has 0 bridgehead atoms. The van der Waals surface area contributed by atoms with Gasteiger partial charge < -0.3 is 25.2 Å². The molecule has 2 amide bonds. The second kappa shape index (κ2) is 10.7. The molecule has 1 aromatic heterocycles. The topological polar surface area (TPSA) is 109 Å². The molecule has 38 heavy (non-hydrogen) atoms. The van der Waals surface area contributed by atoms with Crippen LogP contribution in [-0.2, 0) is 14.3 Å². The van der Waals surface area contributed by atoms with Crippen LogP contribution in [0.15, 0.2) is 23.6 Å². The number of likely N-dealkylation sites (tertiary alicyclic amines) is 1. The summed E-state index contributed by atoms with van der Waals surface area (Å²) >= 11 is 1.60. The fraction of sp³-hybridized carbons (Fsp3) is 0.571. The number of ether oxygens (including phenoxy) is 1. The number of primary amides is 1. The molecular weight excluding hydrogens is 502 g/mol. The molecule has 4 atom stereocenters. The zero-order chi connectivity index (χ0) is 27.1. The minimum atomic E-state index is -0.604. The van der Waals surface area contributed by atoms with Crippen molar-refractivity contribution >= 4 is 34.1 Å². The van der Waals surface area contributed by atoms with Crippen molar-refractivity contribution in [1.82, 2.24) is 14.8 Å². The van der Waals surface area contributed by atoms with Crippen molar-refractivity contribution in [3.05, 3.63) is 34.7 Å². The Morgan fingerprint density at radius 3 is 2.63 bits per heavy atom. The number of fused-ring (bicyclic) bond motifs is 1. The first kappa shape index (κ1) is 26.8. The summed E-state index contributed by atoms with van der Waals surface area (Å²) in [6.45, 7) is 10.5. The molecule has 4 heterocycles. The van der Waals surface area contributed by atoms with Gasteiger partial charge in [-0.3, -0.25) is 14.4 Å². The van der Waals surface area contributed by atoms with Crippen molar-refractivity contribution < 1.29 is 19.1 Å². The summed E-state index contributed by atoms with van der Waals surface area (Å²) in [5.41, 5.74) is 8.40. The lowest BCUT2D eigenvalue weighted by molar-refractivity contribution is -0.138. The number of Topliss-reactive ketones (excluding diaryl/α,β-unsaturated/α-hetero) is 1. The highest BCUT2D eigenvalue weighted by Crippen LogP contribution is 2.38. The Kier molecular flexibility index (Phi) is 7.57. The zero-order valence-corrected chi connectivity index (χ0v) is 23.4. The Morgan fingerprint density at radius 2 is 1.95 bits per heavy atom. The average Bonchev–Trinajstić information content (AvgIpc) is 3.60. The van der Waals surface area contributed by atoms with Crippen molar-refractivity contribution in [3.63, 3.8) is 0 Å². The van der Waals surface area contributed by atoms with E-state index in [-0.39, 0.29) is 36.2 Å². The molecule has 2 aromatic rings. The number of rotatable bonds is 7. The summed E-state index contributed by atoms with van der Waals surface area (Å²) in [6, 6.07) is 4.91. The Bertz CT molecular complexity index is 1220. The van der Waals surface area contributed by atoms with Gasteiger partial charge >= 0.3 is 0 Å². The number of hydrogen-bond acceptors (Lipinski definition) is 8. The van der Waals surface area contributed by atoms with Gasteiger partial charge in [-0.1, -0.05) is 26.8 Å². The molecule has 1 aromatic carbocycles. The van der Waals surface area contributed by atoms with Gasteiger partial charge in [-0.15, -0.1) is 11.3 Å². The molecule has 10 heteroatoms. The van der Waals surface area contributed by atoms with Crippen LogP contribution in [0.2, 0.25) is 0 Å². The van der Waals surface area contributed by atoms with Gasteiger partial charge in [0.05, 0.1) is 17.7 Å². The van der Waals surface area contributed by atoms with Crippen molar-refractivity contribution in [3.8, 4) is 11.3 Å². The Morgan fingerprint density at radius 1 is 1.21 bits per heavy atom. The van der Waals surface area contributed by atoms with Crippen LogP contribution in [0.25, 0.3) is 11.3 Å². The molecule has 2 N–H and O–H groups in total. The largest absolute Gasteiger partial charge is 0.367 e. The molecule has 3 aliphatic heterocycles. The average molecular weight is 540 g/mol. The van der Waals surface area contributed by atoms with Crippen LogP contribution in [-0.4, -0.2) is 90.9 Å². The van der Waals surface area contributed by atoms with Gasteiger partial charge in [0.25, 0.3) is 0 Å². The number of aromatic nitrogens is 1. The van der Waals surface area contributed by atoms with Crippen LogP contribution >= 0.6 is 11.3 Å². The number of piperazine rings is 1. The zero-order valence-electron chi connectivity index (χ0n) is 22.6. The summed E-state index contributed by atoms with van der Waals surface area (Å²) in [5, 5.41) is 3.00. The quantitative estimate of drug-likeness (QED) is 0.576. The predicted molar refractivity (Wildman–Crippen MR) is 147 cm³/mol. The molecule has 9 nitrogen and oxygen atoms in total. The number of likely N-dealkylation sites (N-methyl/N-ethyl adjacent to an activating group) is 1. The Balaban J connectivity index is 1.49. The van der Waals surface area contributed by atoms with E-state index < -0.39 is 17.9 Å². The maximum atomic E-state index is 14.1. The summed E-state index contributed by atoms with van der Waals surface area (Å²) in [4.78, 5) is 50.5. The molecule has 0 radical (unpaired) electrons. The van der Waals surface area contributed by atoms with E-state index in [1.807, 2.05) is 24.4 Å². The first-order valence-electron chi connectivity index (χ1n) is 13.4. The van der Waals surface area contributed by atoms with Crippen LogP contribution in [0.5, 0.6) is 0 Å². The third-order valence-corrected chi connectivity index (χ3v) is 8.88. The van der Waals surface area contributed by atoms with Gasteiger partial charge in [0, 0.05) is 55.1 Å². The molecule has 0 aliphatic carbocycles. The van der Waals surface area contributed by atoms with Crippen molar-refractivity contribution in [2.75, 3.05) is 51.3 Å². The number of thiazole rings is 1. The van der Waals surface area contributed by atoms with E-state index in [4.69, 9.17) is 15.5 Å². The van der Waals surface area contributed by atoms with Gasteiger partial charge in [-0.05, 0) is 37.1 Å². The lowest BCUT2D eigenvalue weighted by Gasteiger charge is -2.32. The third kappa shape index (κ3) is 5.09. The van der Waals surface area contributed by atoms with Crippen LogP contribution in [0.1, 0.15) is 49.0 Å². The minimum Gasteiger partial charge on any atom is -0.367 e. The SMILES string of the molecule is CC(C)C[C@H](C(=O)N1C[C@H](C)[C@H]2OCC(=O)[C@H]21)c1cc(-c2csc(N3CCN(C)CC3)n2)ccc1C(N)=O. The van der Waals surface area contributed by atoms with Crippen LogP contribution in [0.3, 0.4) is 0 Å². The number of amides is 2. The van der Waals surface area contributed by atoms with Gasteiger partial charge in [0.1, 0.15) is 12.6 Å². The standard InChI is InChI=1S/C28H37N5O4S/c1-16(2)11-21(27(36)33-13-17(3)25-24(33)23(34)14-37-25)20-12-18(5-6-19(20)26(29)35)22-15-38-28(30-22)32-9-7-31(4)8-10-32/h5-6,12,15-17,21,24-25H,7-11,13-14H2,1-4H3,(H2,29,35)/t17-,21-,24+,25+/m0/s1. The number of hydrogen-bond donors (Lipinski definition) is 1. The molecule has 204 valence electrons. The maximum absolute atomic E-state index is 14.1. The molecular formula is C28H37N5O4S. The van der Waals surface area contributed by atoms with Crippen LogP contribution < -0.4 is 10.6 Å². The monoisotopic (exact) mass is 539 g/mol. The Hall–Kier alpha value is -2.82. The number of nitrogens with two attached hydrogens (primary N) is 1. The fourth-order valence-corrected chi connectivity index (χ4v) is 6.81. The lowest BCUT2D eigenvalue weighted by Crippen LogP contribution is -2.44. The molecule has 3 aliphatic rings. The number of ketones is 1. The first-order valence-corrected chi connectivity index (χ1v) is 14.3. The van der Waals surface area contributed by atoms with Crippen molar-refractivity contribution in [2.24, 2.45) is 17.6 Å². The second-order valence-corrected chi connectivity index (χ2v) is 12.1. The highest BCUT2D eigenvalue weighted by atomic mass is 32.1. The Labute approximate surface area is 227 Å². The van der Waals surface area contributed by atoms with E-state index in [9.17, 15) is 14.4 Å². The van der Waals surface area contributed by atoms with Crippen molar-refractivity contribution in [2.45, 2.75) is 45.3 Å². The molecule has 3 fully saturated rings. The normalized spacial score (nSPS) is 24.8. The predicted octanol–water partition coefficient (Wildman–Crippen LogP) is 2.61.